The number of carbonyl (C=O) groups is 3. The summed E-state index contributed by atoms with van der Waals surface area (Å²) in [6.45, 7) is 0.283. The van der Waals surface area contributed by atoms with E-state index in [2.05, 4.69) is 10.6 Å². The van der Waals surface area contributed by atoms with Crippen LogP contribution in [0, 0.1) is 0 Å². The fraction of sp³-hybridized carbons (Fsp3) is 0.316. The van der Waals surface area contributed by atoms with Crippen molar-refractivity contribution in [1.29, 1.82) is 0 Å². The van der Waals surface area contributed by atoms with E-state index in [-0.39, 0.29) is 25.4 Å². The van der Waals surface area contributed by atoms with Gasteiger partial charge >= 0.3 is 6.03 Å². The molecular weight excluding hydrogens is 366 g/mol. The first kappa shape index (κ1) is 19.3. The van der Waals surface area contributed by atoms with Crippen molar-refractivity contribution >= 4 is 17.8 Å². The van der Waals surface area contributed by atoms with Crippen molar-refractivity contribution in [2.75, 3.05) is 14.2 Å². The van der Waals surface area contributed by atoms with Crippen LogP contribution in [-0.2, 0) is 22.7 Å². The summed E-state index contributed by atoms with van der Waals surface area (Å²) in [7, 11) is 3.03. The molecule has 0 spiro atoms. The highest BCUT2D eigenvalue weighted by atomic mass is 16.5. The van der Waals surface area contributed by atoms with Crippen LogP contribution in [-0.4, -0.2) is 43.0 Å². The second-order valence-corrected chi connectivity index (χ2v) is 6.18. The molecule has 1 saturated heterocycles. The molecule has 0 bridgehead atoms. The predicted molar refractivity (Wildman–Crippen MR) is 97.6 cm³/mol. The lowest BCUT2D eigenvalue weighted by molar-refractivity contribution is -0.131. The summed E-state index contributed by atoms with van der Waals surface area (Å²) < 4.78 is 15.5. The summed E-state index contributed by atoms with van der Waals surface area (Å²) in [4.78, 5) is 37.9. The maximum Gasteiger partial charge on any atom is 0.325 e. The largest absolute Gasteiger partial charge is 0.493 e. The van der Waals surface area contributed by atoms with Crippen LogP contribution in [0.4, 0.5) is 4.79 Å². The van der Waals surface area contributed by atoms with Gasteiger partial charge in [-0.15, -0.1) is 0 Å². The maximum atomic E-state index is 12.6. The van der Waals surface area contributed by atoms with Gasteiger partial charge in [-0.05, 0) is 29.8 Å². The molecule has 148 valence electrons. The molecule has 28 heavy (non-hydrogen) atoms. The molecule has 1 fully saturated rings. The summed E-state index contributed by atoms with van der Waals surface area (Å²) in [5.41, 5.74) is 0.698. The van der Waals surface area contributed by atoms with E-state index in [0.29, 0.717) is 22.8 Å². The highest BCUT2D eigenvalue weighted by Crippen LogP contribution is 2.28. The van der Waals surface area contributed by atoms with Gasteiger partial charge in [0.05, 0.1) is 40.0 Å². The van der Waals surface area contributed by atoms with E-state index in [1.165, 1.54) is 20.5 Å². The minimum absolute atomic E-state index is 0.0650. The summed E-state index contributed by atoms with van der Waals surface area (Å²) in [6, 6.07) is 7.15. The molecule has 0 aliphatic carbocycles. The number of benzene rings is 1. The van der Waals surface area contributed by atoms with E-state index in [0.717, 1.165) is 4.90 Å². The molecule has 4 amide bonds. The lowest BCUT2D eigenvalue weighted by Gasteiger charge is -2.15. The van der Waals surface area contributed by atoms with Crippen LogP contribution >= 0.6 is 0 Å². The van der Waals surface area contributed by atoms with Gasteiger partial charge in [0.1, 0.15) is 11.8 Å². The zero-order valence-electron chi connectivity index (χ0n) is 15.6. The van der Waals surface area contributed by atoms with Crippen LogP contribution in [0.5, 0.6) is 11.5 Å². The SMILES string of the molecule is COc1ccc(CN2C(=O)N[C@@H](CC(=O)NCc3ccco3)C2=O)cc1OC. The van der Waals surface area contributed by atoms with Crippen LogP contribution in [0.15, 0.2) is 41.0 Å². The lowest BCUT2D eigenvalue weighted by Crippen LogP contribution is -2.36. The molecule has 1 atom stereocenters. The Bertz CT molecular complexity index is 865. The molecule has 0 radical (unpaired) electrons. The third kappa shape index (κ3) is 4.25. The normalized spacial score (nSPS) is 16.1. The topological polar surface area (TPSA) is 110 Å². The average Bonchev–Trinajstić information content (AvgIpc) is 3.30. The van der Waals surface area contributed by atoms with Gasteiger partial charge in [0, 0.05) is 0 Å². The Balaban J connectivity index is 1.59. The molecule has 1 aliphatic heterocycles. The van der Waals surface area contributed by atoms with Crippen LogP contribution in [0.25, 0.3) is 0 Å². The monoisotopic (exact) mass is 387 g/mol. The predicted octanol–water partition coefficient (Wildman–Crippen LogP) is 1.42. The summed E-state index contributed by atoms with van der Waals surface area (Å²) in [5.74, 6) is 0.844. The first-order valence-corrected chi connectivity index (χ1v) is 8.63. The van der Waals surface area contributed by atoms with Crippen molar-refractivity contribution in [3.8, 4) is 11.5 Å². The average molecular weight is 387 g/mol. The Morgan fingerprint density at radius 1 is 1.21 bits per heavy atom. The van der Waals surface area contributed by atoms with E-state index < -0.39 is 18.0 Å². The van der Waals surface area contributed by atoms with Crippen LogP contribution in [0.3, 0.4) is 0 Å². The highest BCUT2D eigenvalue weighted by molar-refractivity contribution is 6.05. The Kier molecular flexibility index (Phi) is 5.83. The smallest absolute Gasteiger partial charge is 0.325 e. The van der Waals surface area contributed by atoms with E-state index in [4.69, 9.17) is 13.9 Å². The van der Waals surface area contributed by atoms with E-state index >= 15 is 0 Å². The number of imide groups is 1. The molecule has 9 nitrogen and oxygen atoms in total. The summed E-state index contributed by atoms with van der Waals surface area (Å²) >= 11 is 0. The third-order valence-corrected chi connectivity index (χ3v) is 4.33. The standard InChI is InChI=1S/C19H21N3O6/c1-26-15-6-5-12(8-16(15)27-2)11-22-18(24)14(21-19(22)25)9-17(23)20-10-13-4-3-7-28-13/h3-8,14H,9-11H2,1-2H3,(H,20,23)(H,21,25)/t14-/m0/s1. The van der Waals surface area contributed by atoms with E-state index in [1.807, 2.05) is 0 Å². The summed E-state index contributed by atoms with van der Waals surface area (Å²) in [5, 5.41) is 5.20. The second kappa shape index (κ2) is 8.47. The van der Waals surface area contributed by atoms with E-state index in [1.54, 1.807) is 30.3 Å². The number of rotatable bonds is 8. The molecule has 1 aromatic carbocycles. The molecule has 0 unspecified atom stereocenters. The van der Waals surface area contributed by atoms with E-state index in [9.17, 15) is 14.4 Å². The number of hydrogen-bond donors (Lipinski definition) is 2. The van der Waals surface area contributed by atoms with Gasteiger partial charge in [-0.3, -0.25) is 14.5 Å². The third-order valence-electron chi connectivity index (χ3n) is 4.33. The second-order valence-electron chi connectivity index (χ2n) is 6.18. The lowest BCUT2D eigenvalue weighted by atomic mass is 10.1. The van der Waals surface area contributed by atoms with Gasteiger partial charge in [0.2, 0.25) is 5.91 Å². The highest BCUT2D eigenvalue weighted by Gasteiger charge is 2.39. The zero-order chi connectivity index (χ0) is 20.1. The number of nitrogens with zero attached hydrogens (tertiary/aromatic N) is 1. The van der Waals surface area contributed by atoms with Crippen molar-refractivity contribution in [3.63, 3.8) is 0 Å². The fourth-order valence-corrected chi connectivity index (χ4v) is 2.88. The van der Waals surface area contributed by atoms with Gasteiger partial charge in [-0.1, -0.05) is 6.07 Å². The van der Waals surface area contributed by atoms with Gasteiger partial charge in [0.15, 0.2) is 11.5 Å². The molecule has 9 heteroatoms. The van der Waals surface area contributed by atoms with Crippen LogP contribution in [0.2, 0.25) is 0 Å². The van der Waals surface area contributed by atoms with Crippen LogP contribution < -0.4 is 20.1 Å². The minimum Gasteiger partial charge on any atom is -0.493 e. The number of ether oxygens (including phenoxy) is 2. The fourth-order valence-electron chi connectivity index (χ4n) is 2.88. The van der Waals surface area contributed by atoms with Crippen molar-refractivity contribution < 1.29 is 28.3 Å². The van der Waals surface area contributed by atoms with Gasteiger partial charge < -0.3 is 24.5 Å². The molecule has 1 aliphatic rings. The number of methoxy groups -OCH3 is 2. The minimum atomic E-state index is -0.899. The Hall–Kier alpha value is -3.49. The van der Waals surface area contributed by atoms with Crippen molar-refractivity contribution in [2.45, 2.75) is 25.6 Å². The molecule has 1 aromatic heterocycles. The number of carbonyl (C=O) groups excluding carboxylic acids is 3. The van der Waals surface area contributed by atoms with Crippen LogP contribution in [0.1, 0.15) is 17.7 Å². The Labute approximate surface area is 161 Å². The van der Waals surface area contributed by atoms with Crippen molar-refractivity contribution in [2.24, 2.45) is 0 Å². The zero-order valence-corrected chi connectivity index (χ0v) is 15.6. The number of furan rings is 1. The first-order valence-electron chi connectivity index (χ1n) is 8.63. The number of urea groups is 1. The van der Waals surface area contributed by atoms with Crippen molar-refractivity contribution in [3.05, 3.63) is 47.9 Å². The van der Waals surface area contributed by atoms with Gasteiger partial charge in [-0.25, -0.2) is 4.79 Å². The molecule has 2 heterocycles. The maximum absolute atomic E-state index is 12.6. The van der Waals surface area contributed by atoms with Gasteiger partial charge in [-0.2, -0.15) is 0 Å². The molecule has 0 saturated carbocycles. The number of amides is 4. The quantitative estimate of drug-likeness (QED) is 0.663. The number of nitrogens with one attached hydrogen (secondary N) is 2. The molecule has 2 aromatic rings. The molecule has 2 N–H and O–H groups in total. The van der Waals surface area contributed by atoms with Gasteiger partial charge in [0.25, 0.3) is 5.91 Å². The summed E-state index contributed by atoms with van der Waals surface area (Å²) in [6.07, 6.45) is 1.36. The number of hydrogen-bond acceptors (Lipinski definition) is 6. The molecular formula is C19H21N3O6. The Morgan fingerprint density at radius 3 is 2.68 bits per heavy atom. The molecule has 3 rings (SSSR count). The van der Waals surface area contributed by atoms with Crippen molar-refractivity contribution in [1.82, 2.24) is 15.5 Å². The Morgan fingerprint density at radius 2 is 2.00 bits per heavy atom. The first-order chi connectivity index (χ1) is 13.5.